The van der Waals surface area contributed by atoms with Crippen molar-refractivity contribution in [3.8, 4) is 11.5 Å². The SMILES string of the molecule is COC(=S)NC(c1cc(F)c(N2CCN(C(=O)c3cc(O)cc(O)c3)CC2)c(F)c1)c1c[nH]nn1. The van der Waals surface area contributed by atoms with E-state index in [1.165, 1.54) is 47.4 Å². The molecular formula is C22H22F2N6O4S. The van der Waals surface area contributed by atoms with Gasteiger partial charge in [0.25, 0.3) is 11.1 Å². The molecule has 1 aromatic heterocycles. The van der Waals surface area contributed by atoms with Crippen molar-refractivity contribution in [1.29, 1.82) is 0 Å². The van der Waals surface area contributed by atoms with Gasteiger partial charge in [-0.05, 0) is 42.0 Å². The third kappa shape index (κ3) is 5.24. The first-order valence-electron chi connectivity index (χ1n) is 10.5. The van der Waals surface area contributed by atoms with Crippen LogP contribution in [0.1, 0.15) is 27.7 Å². The first kappa shape index (κ1) is 24.1. The Labute approximate surface area is 204 Å². The highest BCUT2D eigenvalue weighted by Gasteiger charge is 2.28. The number of H-pyrrole nitrogens is 1. The average molecular weight is 505 g/mol. The van der Waals surface area contributed by atoms with Gasteiger partial charge in [-0.15, -0.1) is 5.10 Å². The topological polar surface area (TPSA) is 127 Å². The number of phenols is 2. The Morgan fingerprint density at radius 1 is 1.11 bits per heavy atom. The summed E-state index contributed by atoms with van der Waals surface area (Å²) in [5.74, 6) is -2.43. The second kappa shape index (κ2) is 10.1. The van der Waals surface area contributed by atoms with Crippen LogP contribution in [0.15, 0.2) is 36.5 Å². The number of benzene rings is 2. The Bertz CT molecular complexity index is 1190. The number of methoxy groups -OCH3 is 1. The minimum absolute atomic E-state index is 0.0173. The van der Waals surface area contributed by atoms with Gasteiger partial charge in [-0.1, -0.05) is 5.21 Å². The van der Waals surface area contributed by atoms with Crippen LogP contribution in [0.4, 0.5) is 14.5 Å². The number of aromatic nitrogens is 3. The van der Waals surface area contributed by atoms with Crippen molar-refractivity contribution in [2.45, 2.75) is 6.04 Å². The highest BCUT2D eigenvalue weighted by molar-refractivity contribution is 7.80. The van der Waals surface area contributed by atoms with Gasteiger partial charge in [0.2, 0.25) is 0 Å². The summed E-state index contributed by atoms with van der Waals surface area (Å²) < 4.78 is 35.3. The van der Waals surface area contributed by atoms with Crippen molar-refractivity contribution in [1.82, 2.24) is 25.6 Å². The molecule has 35 heavy (non-hydrogen) atoms. The molecule has 4 rings (SSSR count). The molecule has 2 heterocycles. The van der Waals surface area contributed by atoms with Crippen LogP contribution >= 0.6 is 12.2 Å². The fourth-order valence-electron chi connectivity index (χ4n) is 3.94. The molecule has 0 radical (unpaired) electrons. The van der Waals surface area contributed by atoms with Crippen molar-refractivity contribution in [2.24, 2.45) is 0 Å². The maximum Gasteiger partial charge on any atom is 0.257 e. The summed E-state index contributed by atoms with van der Waals surface area (Å²) in [6, 6.07) is 5.21. The number of nitrogens with zero attached hydrogens (tertiary/aromatic N) is 4. The predicted octanol–water partition coefficient (Wildman–Crippen LogP) is 2.07. The summed E-state index contributed by atoms with van der Waals surface area (Å²) in [4.78, 5) is 15.7. The van der Waals surface area contributed by atoms with Gasteiger partial charge in [-0.3, -0.25) is 9.89 Å². The van der Waals surface area contributed by atoms with E-state index >= 15 is 8.78 Å². The second-order valence-corrected chi connectivity index (χ2v) is 8.19. The third-order valence-corrected chi connectivity index (χ3v) is 5.87. The molecule has 1 atom stereocenters. The molecule has 0 saturated carbocycles. The van der Waals surface area contributed by atoms with Crippen LogP contribution in [0.3, 0.4) is 0 Å². The molecule has 0 bridgehead atoms. The number of aromatic hydroxyl groups is 2. The molecule has 13 heteroatoms. The third-order valence-electron chi connectivity index (χ3n) is 5.58. The van der Waals surface area contributed by atoms with Crippen LogP contribution in [0, 0.1) is 11.6 Å². The largest absolute Gasteiger partial charge is 0.508 e. The number of ether oxygens (including phenoxy) is 1. The van der Waals surface area contributed by atoms with Crippen LogP contribution in [-0.4, -0.2) is 74.9 Å². The number of phenolic OH excluding ortho intramolecular Hbond substituents is 2. The fraction of sp³-hybridized carbons (Fsp3) is 0.273. The average Bonchev–Trinajstić information content (AvgIpc) is 3.36. The maximum absolute atomic E-state index is 15.2. The molecule has 1 aliphatic rings. The molecule has 1 aliphatic heterocycles. The molecular weight excluding hydrogens is 482 g/mol. The number of aromatic amines is 1. The van der Waals surface area contributed by atoms with Gasteiger partial charge in [-0.2, -0.15) is 0 Å². The quantitative estimate of drug-likeness (QED) is 0.386. The van der Waals surface area contributed by atoms with Gasteiger partial charge in [-0.25, -0.2) is 8.78 Å². The number of nitrogens with one attached hydrogen (secondary N) is 2. The Hall–Kier alpha value is -4.00. The van der Waals surface area contributed by atoms with Crippen molar-refractivity contribution >= 4 is 29.0 Å². The molecule has 184 valence electrons. The van der Waals surface area contributed by atoms with Gasteiger partial charge in [0, 0.05) is 44.0 Å². The number of rotatable bonds is 5. The van der Waals surface area contributed by atoms with Gasteiger partial charge in [0.15, 0.2) is 0 Å². The highest BCUT2D eigenvalue weighted by atomic mass is 32.1. The van der Waals surface area contributed by atoms with E-state index in [2.05, 4.69) is 20.7 Å². The maximum atomic E-state index is 15.2. The monoisotopic (exact) mass is 504 g/mol. The van der Waals surface area contributed by atoms with Crippen molar-refractivity contribution in [2.75, 3.05) is 38.2 Å². The highest BCUT2D eigenvalue weighted by Crippen LogP contribution is 2.31. The van der Waals surface area contributed by atoms with E-state index in [0.29, 0.717) is 5.69 Å². The van der Waals surface area contributed by atoms with Gasteiger partial charge in [0.05, 0.1) is 7.11 Å². The lowest BCUT2D eigenvalue weighted by atomic mass is 10.0. The number of carbonyl (C=O) groups excluding carboxylic acids is 1. The zero-order chi connectivity index (χ0) is 25.1. The molecule has 4 N–H and O–H groups in total. The molecule has 2 aromatic carbocycles. The minimum Gasteiger partial charge on any atom is -0.508 e. The zero-order valence-corrected chi connectivity index (χ0v) is 19.4. The normalized spacial score (nSPS) is 14.5. The summed E-state index contributed by atoms with van der Waals surface area (Å²) >= 11 is 5.03. The summed E-state index contributed by atoms with van der Waals surface area (Å²) in [5.41, 5.74) is 0.512. The Morgan fingerprint density at radius 2 is 1.74 bits per heavy atom. The van der Waals surface area contributed by atoms with Crippen molar-refractivity contribution in [3.63, 3.8) is 0 Å². The minimum atomic E-state index is -0.799. The number of carbonyl (C=O) groups is 1. The lowest BCUT2D eigenvalue weighted by molar-refractivity contribution is 0.0745. The Morgan fingerprint density at radius 3 is 2.29 bits per heavy atom. The molecule has 0 aliphatic carbocycles. The first-order valence-corrected chi connectivity index (χ1v) is 10.9. The van der Waals surface area contributed by atoms with Crippen molar-refractivity contribution < 1.29 is 28.5 Å². The number of anilines is 1. The van der Waals surface area contributed by atoms with E-state index in [4.69, 9.17) is 17.0 Å². The van der Waals surface area contributed by atoms with Crippen molar-refractivity contribution in [3.05, 3.63) is 65.0 Å². The number of hydrogen-bond acceptors (Lipinski definition) is 8. The molecule has 3 aromatic rings. The second-order valence-electron chi connectivity index (χ2n) is 7.82. The van der Waals surface area contributed by atoms with Gasteiger partial charge < -0.3 is 30.1 Å². The van der Waals surface area contributed by atoms with Crippen LogP contribution in [-0.2, 0) is 4.74 Å². The van der Waals surface area contributed by atoms with Gasteiger partial charge >= 0.3 is 0 Å². The summed E-state index contributed by atoms with van der Waals surface area (Å²) in [7, 11) is 1.37. The number of hydrogen-bond donors (Lipinski definition) is 4. The first-order chi connectivity index (χ1) is 16.8. The number of piperazine rings is 1. The van der Waals surface area contributed by atoms with E-state index in [-0.39, 0.29) is 59.7 Å². The lowest BCUT2D eigenvalue weighted by Crippen LogP contribution is -2.49. The van der Waals surface area contributed by atoms with Gasteiger partial charge in [0.1, 0.15) is 40.6 Å². The van der Waals surface area contributed by atoms with E-state index in [9.17, 15) is 15.0 Å². The van der Waals surface area contributed by atoms with Crippen LogP contribution < -0.4 is 10.2 Å². The molecule has 1 fully saturated rings. The van der Waals surface area contributed by atoms with E-state index in [1.807, 2.05) is 0 Å². The molecule has 1 saturated heterocycles. The number of halogens is 2. The van der Waals surface area contributed by atoms with Crippen LogP contribution in [0.2, 0.25) is 0 Å². The Balaban J connectivity index is 1.51. The van der Waals surface area contributed by atoms with E-state index < -0.39 is 23.6 Å². The summed E-state index contributed by atoms with van der Waals surface area (Å²) in [5, 5.41) is 32.2. The predicted molar refractivity (Wildman–Crippen MR) is 125 cm³/mol. The molecule has 1 amide bonds. The van der Waals surface area contributed by atoms with Crippen LogP contribution in [0.25, 0.3) is 0 Å². The lowest BCUT2D eigenvalue weighted by Gasteiger charge is -2.36. The van der Waals surface area contributed by atoms with E-state index in [1.54, 1.807) is 0 Å². The zero-order valence-electron chi connectivity index (χ0n) is 18.5. The summed E-state index contributed by atoms with van der Waals surface area (Å²) in [6.45, 7) is 0.757. The molecule has 1 unspecified atom stereocenters. The van der Waals surface area contributed by atoms with E-state index in [0.717, 1.165) is 6.07 Å². The molecule has 0 spiro atoms. The standard InChI is InChI=1S/C22H22F2N6O4S/c1-34-22(35)26-19(18-11-25-28-27-18)12-8-16(23)20(17(24)9-12)29-2-4-30(5-3-29)21(33)13-6-14(31)10-15(32)7-13/h6-11,19,31-32H,2-5H2,1H3,(H,26,35)(H,25,27,28). The fourth-order valence-corrected chi connectivity index (χ4v) is 4.06. The molecule has 10 nitrogen and oxygen atoms in total. The van der Waals surface area contributed by atoms with Crippen LogP contribution in [0.5, 0.6) is 11.5 Å². The summed E-state index contributed by atoms with van der Waals surface area (Å²) in [6.07, 6.45) is 1.47. The Kier molecular flexibility index (Phi) is 6.96. The number of amides is 1. The smallest absolute Gasteiger partial charge is 0.257 e. The number of thiocarbonyl (C=S) groups is 1.